The maximum atomic E-state index is 14.5. The molecule has 0 aliphatic carbocycles. The largest absolute Gasteiger partial charge is 0.378 e. The number of carbonyl (C=O) groups is 1. The number of aliphatic imine (C=N–C) groups is 1. The highest BCUT2D eigenvalue weighted by Crippen LogP contribution is 2.41. The first-order chi connectivity index (χ1) is 14.7. The van der Waals surface area contributed by atoms with Gasteiger partial charge in [-0.25, -0.2) is 23.6 Å². The number of hydrogen-bond acceptors (Lipinski definition) is 4. The molecule has 8 heteroatoms. The summed E-state index contributed by atoms with van der Waals surface area (Å²) in [7, 11) is 1.63. The fraction of sp³-hybridized carbons (Fsp3) is 0.261. The van der Waals surface area contributed by atoms with Crippen LogP contribution in [0.2, 0.25) is 0 Å². The molecule has 1 unspecified atom stereocenters. The normalized spacial score (nSPS) is 28.0. The summed E-state index contributed by atoms with van der Waals surface area (Å²) in [6, 6.07) is 8.36. The third kappa shape index (κ3) is 3.37. The molecule has 0 saturated heterocycles. The van der Waals surface area contributed by atoms with Crippen LogP contribution in [0.1, 0.15) is 25.0 Å². The number of amidine groups is 1. The van der Waals surface area contributed by atoms with Crippen molar-refractivity contribution in [3.05, 3.63) is 89.2 Å². The second-order valence-corrected chi connectivity index (χ2v) is 7.94. The molecule has 0 bridgehead atoms. The Hall–Kier alpha value is -3.26. The third-order valence-corrected chi connectivity index (χ3v) is 6.02. The monoisotopic (exact) mass is 427 g/mol. The standard InChI is InChI=1S/C23H22F3N4O/c1-4-30(3)13-15(11-19(25)22(30)31)21-28-14(2)23(29-21,16-5-8-18(24)9-6-16)17-7-10-20(26)27-12-17/h5-14H,4H2,1-3H3,(H,28,29)/q+1/t14-,23-,30?/m0/s1. The average molecular weight is 427 g/mol. The molecule has 0 fully saturated rings. The topological polar surface area (TPSA) is 54.4 Å². The van der Waals surface area contributed by atoms with Crippen molar-refractivity contribution in [2.75, 3.05) is 13.6 Å². The van der Waals surface area contributed by atoms with Crippen LogP contribution in [0.15, 0.2) is 71.3 Å². The number of halogens is 3. The highest BCUT2D eigenvalue weighted by molar-refractivity contribution is 6.05. The number of quaternary nitrogens is 1. The van der Waals surface area contributed by atoms with Gasteiger partial charge in [0.15, 0.2) is 0 Å². The first kappa shape index (κ1) is 21.0. The molecular formula is C23H22F3N4O+. The van der Waals surface area contributed by atoms with Gasteiger partial charge in [0.1, 0.15) is 23.4 Å². The summed E-state index contributed by atoms with van der Waals surface area (Å²) < 4.78 is 41.4. The lowest BCUT2D eigenvalue weighted by atomic mass is 9.79. The molecule has 2 aliphatic heterocycles. The summed E-state index contributed by atoms with van der Waals surface area (Å²) in [5.41, 5.74) is 0.654. The summed E-state index contributed by atoms with van der Waals surface area (Å²) in [4.78, 5) is 21.0. The number of hydrogen-bond donors (Lipinski definition) is 1. The summed E-state index contributed by atoms with van der Waals surface area (Å²) in [5, 5.41) is 3.27. The van der Waals surface area contributed by atoms with Crippen molar-refractivity contribution in [3.8, 4) is 0 Å². The molecule has 1 amide bonds. The highest BCUT2D eigenvalue weighted by Gasteiger charge is 2.47. The molecule has 1 N–H and O–H groups in total. The van der Waals surface area contributed by atoms with E-state index in [-0.39, 0.29) is 10.5 Å². The Balaban J connectivity index is 1.91. The van der Waals surface area contributed by atoms with Gasteiger partial charge in [-0.05, 0) is 37.6 Å². The van der Waals surface area contributed by atoms with Crippen LogP contribution in [-0.4, -0.2) is 40.8 Å². The molecule has 3 atom stereocenters. The maximum absolute atomic E-state index is 14.5. The fourth-order valence-electron chi connectivity index (χ4n) is 4.07. The zero-order valence-electron chi connectivity index (χ0n) is 17.4. The van der Waals surface area contributed by atoms with Crippen molar-refractivity contribution < 1.29 is 22.4 Å². The molecule has 1 aromatic heterocycles. The Kier molecular flexibility index (Phi) is 5.05. The van der Waals surface area contributed by atoms with Crippen LogP contribution < -0.4 is 5.32 Å². The van der Waals surface area contributed by atoms with Gasteiger partial charge < -0.3 is 5.32 Å². The Morgan fingerprint density at radius 1 is 1.10 bits per heavy atom. The van der Waals surface area contributed by atoms with Gasteiger partial charge in [-0.3, -0.25) is 0 Å². The van der Waals surface area contributed by atoms with Crippen LogP contribution in [0, 0.1) is 11.8 Å². The summed E-state index contributed by atoms with van der Waals surface area (Å²) >= 11 is 0. The van der Waals surface area contributed by atoms with E-state index < -0.39 is 29.0 Å². The number of carbonyl (C=O) groups excluding carboxylic acids is 1. The average Bonchev–Trinajstić information content (AvgIpc) is 3.11. The molecular weight excluding hydrogens is 405 g/mol. The van der Waals surface area contributed by atoms with Crippen LogP contribution >= 0.6 is 0 Å². The molecule has 0 saturated carbocycles. The smallest absolute Gasteiger partial charge is 0.364 e. The molecule has 3 heterocycles. The van der Waals surface area contributed by atoms with Crippen LogP contribution in [0.3, 0.4) is 0 Å². The van der Waals surface area contributed by atoms with Gasteiger partial charge in [0.05, 0.1) is 25.2 Å². The van der Waals surface area contributed by atoms with Gasteiger partial charge in [0, 0.05) is 17.8 Å². The number of rotatable bonds is 4. The Bertz CT molecular complexity index is 1080. The number of amides is 1. The van der Waals surface area contributed by atoms with Crippen molar-refractivity contribution in [1.29, 1.82) is 0 Å². The fourth-order valence-corrected chi connectivity index (χ4v) is 4.07. The Labute approximate surface area is 178 Å². The van der Waals surface area contributed by atoms with E-state index in [2.05, 4.69) is 10.3 Å². The van der Waals surface area contributed by atoms with Gasteiger partial charge in [-0.15, -0.1) is 0 Å². The van der Waals surface area contributed by atoms with Crippen molar-refractivity contribution >= 4 is 11.7 Å². The van der Waals surface area contributed by atoms with Crippen molar-refractivity contribution in [2.45, 2.75) is 25.4 Å². The van der Waals surface area contributed by atoms with Crippen molar-refractivity contribution in [1.82, 2.24) is 10.3 Å². The minimum atomic E-state index is -1.05. The van der Waals surface area contributed by atoms with E-state index in [9.17, 15) is 18.0 Å². The molecule has 0 spiro atoms. The van der Waals surface area contributed by atoms with E-state index in [4.69, 9.17) is 4.99 Å². The van der Waals surface area contributed by atoms with Crippen molar-refractivity contribution in [3.63, 3.8) is 0 Å². The molecule has 2 aliphatic rings. The van der Waals surface area contributed by atoms with Crippen LogP contribution in [0.5, 0.6) is 0 Å². The van der Waals surface area contributed by atoms with E-state index in [1.807, 2.05) is 6.92 Å². The van der Waals surface area contributed by atoms with Crippen LogP contribution in [0.25, 0.3) is 0 Å². The van der Waals surface area contributed by atoms with E-state index in [1.54, 1.807) is 38.4 Å². The van der Waals surface area contributed by atoms with E-state index in [0.29, 0.717) is 29.1 Å². The number of benzene rings is 1. The Morgan fingerprint density at radius 3 is 2.39 bits per heavy atom. The van der Waals surface area contributed by atoms with Gasteiger partial charge >= 0.3 is 5.91 Å². The molecule has 0 radical (unpaired) electrons. The predicted octanol–water partition coefficient (Wildman–Crippen LogP) is 3.74. The lowest BCUT2D eigenvalue weighted by molar-refractivity contribution is -0.778. The SMILES string of the molecule is CC[N+]1(C)C=C(C2=N[C@@](c3ccc(F)cc3)(c3ccc(F)nc3)[C@H](C)N2)C=C(F)C1=O. The molecule has 31 heavy (non-hydrogen) atoms. The van der Waals surface area contributed by atoms with E-state index in [0.717, 1.165) is 0 Å². The first-order valence-electron chi connectivity index (χ1n) is 9.94. The van der Waals surface area contributed by atoms with Crippen LogP contribution in [-0.2, 0) is 10.3 Å². The first-order valence-corrected chi connectivity index (χ1v) is 9.94. The minimum absolute atomic E-state index is 0.228. The molecule has 1 aromatic carbocycles. The van der Waals surface area contributed by atoms with Crippen molar-refractivity contribution in [2.24, 2.45) is 4.99 Å². The molecule has 4 rings (SSSR count). The lowest BCUT2D eigenvalue weighted by Gasteiger charge is -2.31. The number of nitrogens with one attached hydrogen (secondary N) is 1. The minimum Gasteiger partial charge on any atom is -0.364 e. The van der Waals surface area contributed by atoms with E-state index >= 15 is 0 Å². The van der Waals surface area contributed by atoms with Gasteiger partial charge in [-0.1, -0.05) is 18.2 Å². The lowest BCUT2D eigenvalue weighted by Crippen LogP contribution is -2.47. The quantitative estimate of drug-likeness (QED) is 0.598. The number of aromatic nitrogens is 1. The number of likely N-dealkylation sites (N-methyl/N-ethyl adjacent to an activating group) is 1. The zero-order chi connectivity index (χ0) is 22.4. The molecule has 2 aromatic rings. The zero-order valence-corrected chi connectivity index (χ0v) is 17.4. The summed E-state index contributed by atoms with van der Waals surface area (Å²) in [5.74, 6) is -2.10. The maximum Gasteiger partial charge on any atom is 0.378 e. The summed E-state index contributed by atoms with van der Waals surface area (Å²) in [6.07, 6.45) is 4.22. The van der Waals surface area contributed by atoms with Gasteiger partial charge in [0.2, 0.25) is 11.8 Å². The number of nitrogens with zero attached hydrogens (tertiary/aromatic N) is 3. The molecule has 160 valence electrons. The second-order valence-electron chi connectivity index (χ2n) is 7.94. The predicted molar refractivity (Wildman–Crippen MR) is 110 cm³/mol. The summed E-state index contributed by atoms with van der Waals surface area (Å²) in [6.45, 7) is 4.05. The van der Waals surface area contributed by atoms with Gasteiger partial charge in [-0.2, -0.15) is 8.78 Å². The Morgan fingerprint density at radius 2 is 1.77 bits per heavy atom. The highest BCUT2D eigenvalue weighted by atomic mass is 19.1. The molecule has 5 nitrogen and oxygen atoms in total. The third-order valence-electron chi connectivity index (χ3n) is 6.02. The second kappa shape index (κ2) is 7.46. The van der Waals surface area contributed by atoms with E-state index in [1.165, 1.54) is 30.5 Å². The van der Waals surface area contributed by atoms with Crippen LogP contribution in [0.4, 0.5) is 13.2 Å². The number of pyridine rings is 1. The van der Waals surface area contributed by atoms with Gasteiger partial charge in [0.25, 0.3) is 0 Å².